The molecule has 5 nitrogen and oxygen atoms in total. The van der Waals surface area contributed by atoms with Crippen LogP contribution in [0, 0.1) is 20.8 Å². The van der Waals surface area contributed by atoms with Gasteiger partial charge in [-0.15, -0.1) is 0 Å². The topological polar surface area (TPSA) is 66.5 Å². The number of carbonyl (C=O) groups is 1. The first kappa shape index (κ1) is 20.0. The van der Waals surface area contributed by atoms with Crippen LogP contribution in [0.4, 0.5) is 11.4 Å². The van der Waals surface area contributed by atoms with E-state index in [-0.39, 0.29) is 12.5 Å². The summed E-state index contributed by atoms with van der Waals surface area (Å²) in [6.07, 6.45) is 1.97. The summed E-state index contributed by atoms with van der Waals surface area (Å²) in [4.78, 5) is 12.5. The molecule has 1 N–H and O–H groups in total. The number of aryl methyl sites for hydroxylation is 4. The summed E-state index contributed by atoms with van der Waals surface area (Å²) in [7, 11) is -3.58. The molecule has 0 radical (unpaired) electrons. The van der Waals surface area contributed by atoms with Crippen LogP contribution < -0.4 is 9.62 Å². The summed E-state index contributed by atoms with van der Waals surface area (Å²) >= 11 is 0. The second kappa shape index (κ2) is 7.91. The highest BCUT2D eigenvalue weighted by atomic mass is 32.2. The molecule has 140 valence electrons. The van der Waals surface area contributed by atoms with Gasteiger partial charge in [-0.25, -0.2) is 8.42 Å². The van der Waals surface area contributed by atoms with Crippen molar-refractivity contribution in [3.8, 4) is 0 Å². The molecule has 0 heterocycles. The van der Waals surface area contributed by atoms with Crippen molar-refractivity contribution >= 4 is 27.3 Å². The Morgan fingerprint density at radius 3 is 2.04 bits per heavy atom. The number of benzene rings is 2. The molecule has 0 saturated heterocycles. The minimum absolute atomic E-state index is 0.267. The first-order valence-electron chi connectivity index (χ1n) is 8.56. The van der Waals surface area contributed by atoms with Crippen LogP contribution in [0.15, 0.2) is 36.4 Å². The van der Waals surface area contributed by atoms with Crippen LogP contribution in [0.5, 0.6) is 0 Å². The molecule has 0 bridgehead atoms. The second-order valence-electron chi connectivity index (χ2n) is 6.61. The third-order valence-corrected chi connectivity index (χ3v) is 5.40. The molecular weight excluding hydrogens is 348 g/mol. The van der Waals surface area contributed by atoms with Crippen LogP contribution in [0.1, 0.15) is 29.2 Å². The molecule has 0 unspecified atom stereocenters. The maximum absolute atomic E-state index is 12.5. The molecule has 0 fully saturated rings. The van der Waals surface area contributed by atoms with Crippen LogP contribution in [0.2, 0.25) is 0 Å². The molecule has 0 aliphatic heterocycles. The molecule has 0 aliphatic carbocycles. The number of carbonyl (C=O) groups excluding carboxylic acids is 1. The Morgan fingerprint density at radius 2 is 1.58 bits per heavy atom. The standard InChI is InChI=1S/C20H26N2O3S/c1-6-17-7-9-18(10-8-17)22(26(5,24)25)13-19(23)21-20-15(3)11-14(2)12-16(20)4/h7-12H,6,13H2,1-5H3,(H,21,23). The van der Waals surface area contributed by atoms with E-state index in [0.29, 0.717) is 5.69 Å². The minimum Gasteiger partial charge on any atom is -0.324 e. The van der Waals surface area contributed by atoms with E-state index in [0.717, 1.165) is 44.9 Å². The van der Waals surface area contributed by atoms with Gasteiger partial charge >= 0.3 is 0 Å². The Kier molecular flexibility index (Phi) is 6.08. The molecule has 1 amide bonds. The van der Waals surface area contributed by atoms with Gasteiger partial charge in [-0.1, -0.05) is 36.8 Å². The van der Waals surface area contributed by atoms with Crippen LogP contribution in [0.25, 0.3) is 0 Å². The number of sulfonamides is 1. The van der Waals surface area contributed by atoms with Crippen LogP contribution in [0.3, 0.4) is 0 Å². The van der Waals surface area contributed by atoms with Crippen molar-refractivity contribution in [2.24, 2.45) is 0 Å². The Balaban J connectivity index is 2.25. The quantitative estimate of drug-likeness (QED) is 0.840. The summed E-state index contributed by atoms with van der Waals surface area (Å²) in [5, 5.41) is 2.86. The van der Waals surface area contributed by atoms with E-state index in [1.165, 1.54) is 0 Å². The van der Waals surface area contributed by atoms with E-state index in [1.807, 2.05) is 52.0 Å². The van der Waals surface area contributed by atoms with Crippen molar-refractivity contribution in [1.29, 1.82) is 0 Å². The highest BCUT2D eigenvalue weighted by molar-refractivity contribution is 7.92. The third kappa shape index (κ3) is 4.85. The minimum atomic E-state index is -3.58. The van der Waals surface area contributed by atoms with Gasteiger partial charge in [0.05, 0.1) is 11.9 Å². The highest BCUT2D eigenvalue weighted by Crippen LogP contribution is 2.23. The Hall–Kier alpha value is -2.34. The zero-order chi connectivity index (χ0) is 19.5. The second-order valence-corrected chi connectivity index (χ2v) is 8.52. The predicted octanol–water partition coefficient (Wildman–Crippen LogP) is 3.58. The lowest BCUT2D eigenvalue weighted by atomic mass is 10.1. The predicted molar refractivity (Wildman–Crippen MR) is 107 cm³/mol. The Labute approximate surface area is 156 Å². The van der Waals surface area contributed by atoms with Crippen molar-refractivity contribution in [2.75, 3.05) is 22.4 Å². The summed E-state index contributed by atoms with van der Waals surface area (Å²) in [6.45, 7) is 7.61. The molecule has 26 heavy (non-hydrogen) atoms. The summed E-state index contributed by atoms with van der Waals surface area (Å²) in [5.74, 6) is -0.370. The summed E-state index contributed by atoms with van der Waals surface area (Å²) in [6, 6.07) is 11.2. The van der Waals surface area contributed by atoms with Gasteiger partial charge in [-0.2, -0.15) is 0 Å². The van der Waals surface area contributed by atoms with Gasteiger partial charge in [0, 0.05) is 5.69 Å². The van der Waals surface area contributed by atoms with Crippen LogP contribution >= 0.6 is 0 Å². The Morgan fingerprint density at radius 1 is 1.04 bits per heavy atom. The number of nitrogens with zero attached hydrogens (tertiary/aromatic N) is 1. The normalized spacial score (nSPS) is 11.3. The smallest absolute Gasteiger partial charge is 0.245 e. The third-order valence-electron chi connectivity index (χ3n) is 4.26. The molecule has 2 aromatic carbocycles. The first-order valence-corrected chi connectivity index (χ1v) is 10.4. The number of amides is 1. The van der Waals surface area contributed by atoms with Crippen LogP contribution in [-0.4, -0.2) is 27.1 Å². The molecule has 2 aromatic rings. The fraction of sp³-hybridized carbons (Fsp3) is 0.350. The van der Waals surface area contributed by atoms with Crippen molar-refractivity contribution in [1.82, 2.24) is 0 Å². The first-order chi connectivity index (χ1) is 12.1. The van der Waals surface area contributed by atoms with E-state index in [1.54, 1.807) is 12.1 Å². The number of hydrogen-bond acceptors (Lipinski definition) is 3. The number of rotatable bonds is 6. The van der Waals surface area contributed by atoms with Crippen molar-refractivity contribution < 1.29 is 13.2 Å². The van der Waals surface area contributed by atoms with Gasteiger partial charge in [0.1, 0.15) is 6.54 Å². The van der Waals surface area contributed by atoms with Gasteiger partial charge < -0.3 is 5.32 Å². The molecule has 0 saturated carbocycles. The van der Waals surface area contributed by atoms with Gasteiger partial charge in [0.25, 0.3) is 0 Å². The number of anilines is 2. The van der Waals surface area contributed by atoms with E-state index < -0.39 is 10.0 Å². The molecule has 0 aromatic heterocycles. The lowest BCUT2D eigenvalue weighted by molar-refractivity contribution is -0.114. The van der Waals surface area contributed by atoms with E-state index in [4.69, 9.17) is 0 Å². The van der Waals surface area contributed by atoms with Crippen molar-refractivity contribution in [3.05, 3.63) is 58.7 Å². The monoisotopic (exact) mass is 374 g/mol. The van der Waals surface area contributed by atoms with E-state index >= 15 is 0 Å². The molecular formula is C20H26N2O3S. The average molecular weight is 375 g/mol. The average Bonchev–Trinajstić information content (AvgIpc) is 2.55. The molecule has 0 spiro atoms. The fourth-order valence-electron chi connectivity index (χ4n) is 2.98. The van der Waals surface area contributed by atoms with Gasteiger partial charge in [-0.05, 0) is 56.0 Å². The maximum atomic E-state index is 12.5. The zero-order valence-electron chi connectivity index (χ0n) is 16.0. The Bertz CT molecular complexity index is 880. The molecule has 6 heteroatoms. The number of nitrogens with one attached hydrogen (secondary N) is 1. The number of hydrogen-bond donors (Lipinski definition) is 1. The summed E-state index contributed by atoms with van der Waals surface area (Å²) in [5.41, 5.74) is 5.35. The lowest BCUT2D eigenvalue weighted by Crippen LogP contribution is -2.37. The molecule has 2 rings (SSSR count). The van der Waals surface area contributed by atoms with Gasteiger partial charge in [0.2, 0.25) is 15.9 Å². The van der Waals surface area contributed by atoms with Crippen LogP contribution in [-0.2, 0) is 21.2 Å². The largest absolute Gasteiger partial charge is 0.324 e. The fourth-order valence-corrected chi connectivity index (χ4v) is 3.84. The van der Waals surface area contributed by atoms with E-state index in [9.17, 15) is 13.2 Å². The molecule has 0 aliphatic rings. The SMILES string of the molecule is CCc1ccc(N(CC(=O)Nc2c(C)cc(C)cc2C)S(C)(=O)=O)cc1. The van der Waals surface area contributed by atoms with Gasteiger partial charge in [0.15, 0.2) is 0 Å². The summed E-state index contributed by atoms with van der Waals surface area (Å²) < 4.78 is 25.5. The van der Waals surface area contributed by atoms with Gasteiger partial charge in [-0.3, -0.25) is 9.10 Å². The van der Waals surface area contributed by atoms with E-state index in [2.05, 4.69) is 5.32 Å². The van der Waals surface area contributed by atoms with Crippen molar-refractivity contribution in [3.63, 3.8) is 0 Å². The zero-order valence-corrected chi connectivity index (χ0v) is 16.8. The maximum Gasteiger partial charge on any atom is 0.245 e. The highest BCUT2D eigenvalue weighted by Gasteiger charge is 2.21. The lowest BCUT2D eigenvalue weighted by Gasteiger charge is -2.23. The molecule has 0 atom stereocenters. The van der Waals surface area contributed by atoms with Crippen molar-refractivity contribution in [2.45, 2.75) is 34.1 Å².